The smallest absolute Gasteiger partial charge is 0.232 e. The number of ether oxygens (including phenoxy) is 2. The molecule has 130 valence electrons. The second-order valence-electron chi connectivity index (χ2n) is 5.56. The molecule has 4 rings (SSSR count). The maximum absolute atomic E-state index is 6.12. The minimum atomic E-state index is 0.359. The average Bonchev–Trinajstić information content (AvgIpc) is 3.09. The number of anilines is 1. The molecule has 0 bridgehead atoms. The first-order chi connectivity index (χ1) is 12.7. The van der Waals surface area contributed by atoms with Crippen LogP contribution >= 0.6 is 0 Å². The van der Waals surface area contributed by atoms with E-state index >= 15 is 0 Å². The zero-order valence-corrected chi connectivity index (χ0v) is 14.3. The van der Waals surface area contributed by atoms with Gasteiger partial charge >= 0.3 is 0 Å². The molecular formula is C19H16N4O3. The molecule has 7 nitrogen and oxygen atoms in total. The molecule has 0 aliphatic rings. The van der Waals surface area contributed by atoms with Crippen molar-refractivity contribution in [2.45, 2.75) is 0 Å². The second kappa shape index (κ2) is 6.36. The SMILES string of the molecule is COc1ccc(-c2c(-c3ccc(OC)nc3)oc3ncnc(N)c23)cc1. The highest BCUT2D eigenvalue weighted by molar-refractivity contribution is 6.05. The zero-order chi connectivity index (χ0) is 18.1. The van der Waals surface area contributed by atoms with Crippen LogP contribution in [0.25, 0.3) is 33.6 Å². The van der Waals surface area contributed by atoms with E-state index in [9.17, 15) is 0 Å². The number of pyridine rings is 1. The van der Waals surface area contributed by atoms with Gasteiger partial charge in [-0.25, -0.2) is 15.0 Å². The molecule has 0 amide bonds. The monoisotopic (exact) mass is 348 g/mol. The van der Waals surface area contributed by atoms with Gasteiger partial charge in [-0.1, -0.05) is 12.1 Å². The number of rotatable bonds is 4. The quantitative estimate of drug-likeness (QED) is 0.602. The number of hydrogen-bond acceptors (Lipinski definition) is 7. The van der Waals surface area contributed by atoms with Crippen LogP contribution in [0.15, 0.2) is 53.3 Å². The lowest BCUT2D eigenvalue weighted by atomic mass is 10.00. The van der Waals surface area contributed by atoms with E-state index in [2.05, 4.69) is 15.0 Å². The third-order valence-corrected chi connectivity index (χ3v) is 4.10. The van der Waals surface area contributed by atoms with Crippen LogP contribution in [0.3, 0.4) is 0 Å². The van der Waals surface area contributed by atoms with Crippen LogP contribution in [0.5, 0.6) is 11.6 Å². The van der Waals surface area contributed by atoms with Crippen molar-refractivity contribution >= 4 is 16.9 Å². The minimum absolute atomic E-state index is 0.359. The highest BCUT2D eigenvalue weighted by Crippen LogP contribution is 2.42. The summed E-state index contributed by atoms with van der Waals surface area (Å²) < 4.78 is 16.4. The first-order valence-electron chi connectivity index (χ1n) is 7.89. The van der Waals surface area contributed by atoms with Crippen molar-refractivity contribution in [2.24, 2.45) is 0 Å². The third kappa shape index (κ3) is 2.59. The summed E-state index contributed by atoms with van der Waals surface area (Å²) in [6.07, 6.45) is 3.07. The maximum Gasteiger partial charge on any atom is 0.232 e. The first-order valence-corrected chi connectivity index (χ1v) is 7.89. The molecule has 3 heterocycles. The van der Waals surface area contributed by atoms with Crippen molar-refractivity contribution in [1.82, 2.24) is 15.0 Å². The highest BCUT2D eigenvalue weighted by atomic mass is 16.5. The summed E-state index contributed by atoms with van der Waals surface area (Å²) in [5.74, 6) is 2.26. The normalized spacial score (nSPS) is 10.8. The van der Waals surface area contributed by atoms with Gasteiger partial charge in [0, 0.05) is 23.4 Å². The van der Waals surface area contributed by atoms with Gasteiger partial charge in [-0.15, -0.1) is 0 Å². The number of benzene rings is 1. The molecule has 0 fully saturated rings. The van der Waals surface area contributed by atoms with Gasteiger partial charge in [-0.3, -0.25) is 0 Å². The van der Waals surface area contributed by atoms with Crippen molar-refractivity contribution in [1.29, 1.82) is 0 Å². The minimum Gasteiger partial charge on any atom is -0.497 e. The molecule has 0 radical (unpaired) electrons. The fourth-order valence-electron chi connectivity index (χ4n) is 2.83. The Morgan fingerprint density at radius 1 is 0.885 bits per heavy atom. The lowest BCUT2D eigenvalue weighted by Gasteiger charge is -2.06. The summed E-state index contributed by atoms with van der Waals surface area (Å²) in [6.45, 7) is 0. The molecule has 4 aromatic rings. The van der Waals surface area contributed by atoms with Crippen molar-refractivity contribution in [3.8, 4) is 34.1 Å². The van der Waals surface area contributed by atoms with E-state index in [0.29, 0.717) is 28.6 Å². The van der Waals surface area contributed by atoms with Crippen LogP contribution in [-0.2, 0) is 0 Å². The van der Waals surface area contributed by atoms with Gasteiger partial charge in [0.05, 0.1) is 19.6 Å². The fourth-order valence-corrected chi connectivity index (χ4v) is 2.83. The Morgan fingerprint density at radius 3 is 2.31 bits per heavy atom. The van der Waals surface area contributed by atoms with Crippen molar-refractivity contribution in [3.63, 3.8) is 0 Å². The van der Waals surface area contributed by atoms with Crippen LogP contribution in [0.2, 0.25) is 0 Å². The molecule has 0 saturated carbocycles. The van der Waals surface area contributed by atoms with Gasteiger partial charge in [0.2, 0.25) is 11.6 Å². The van der Waals surface area contributed by atoms with Gasteiger partial charge in [-0.05, 0) is 23.8 Å². The lowest BCUT2D eigenvalue weighted by molar-refractivity contribution is 0.398. The van der Waals surface area contributed by atoms with Gasteiger partial charge < -0.3 is 19.6 Å². The predicted molar refractivity (Wildman–Crippen MR) is 98.0 cm³/mol. The Bertz CT molecular complexity index is 1060. The Morgan fingerprint density at radius 2 is 1.65 bits per heavy atom. The number of aromatic nitrogens is 3. The fraction of sp³-hybridized carbons (Fsp3) is 0.105. The predicted octanol–water partition coefficient (Wildman–Crippen LogP) is 3.55. The van der Waals surface area contributed by atoms with Crippen molar-refractivity contribution in [2.75, 3.05) is 20.0 Å². The summed E-state index contributed by atoms with van der Waals surface area (Å²) in [5.41, 5.74) is 9.05. The molecule has 3 aromatic heterocycles. The Balaban J connectivity index is 1.98. The Labute approximate surface area is 149 Å². The molecule has 0 unspecified atom stereocenters. The van der Waals surface area contributed by atoms with Gasteiger partial charge in [-0.2, -0.15) is 0 Å². The van der Waals surface area contributed by atoms with E-state index in [0.717, 1.165) is 22.4 Å². The molecule has 0 aliphatic carbocycles. The van der Waals surface area contributed by atoms with E-state index in [1.165, 1.54) is 6.33 Å². The maximum atomic E-state index is 6.12. The molecule has 1 aromatic carbocycles. The van der Waals surface area contributed by atoms with Gasteiger partial charge in [0.1, 0.15) is 23.7 Å². The first kappa shape index (κ1) is 15.9. The Kier molecular flexibility index (Phi) is 3.89. The van der Waals surface area contributed by atoms with Crippen molar-refractivity contribution < 1.29 is 13.9 Å². The van der Waals surface area contributed by atoms with Crippen LogP contribution in [-0.4, -0.2) is 29.2 Å². The highest BCUT2D eigenvalue weighted by Gasteiger charge is 2.21. The average molecular weight is 348 g/mol. The number of nitrogens with zero attached hydrogens (tertiary/aromatic N) is 3. The van der Waals surface area contributed by atoms with Crippen LogP contribution in [0.1, 0.15) is 0 Å². The zero-order valence-electron chi connectivity index (χ0n) is 14.3. The molecule has 0 aliphatic heterocycles. The van der Waals surface area contributed by atoms with Gasteiger partial charge in [0.15, 0.2) is 0 Å². The number of methoxy groups -OCH3 is 2. The van der Waals surface area contributed by atoms with E-state index in [4.69, 9.17) is 19.6 Å². The van der Waals surface area contributed by atoms with E-state index < -0.39 is 0 Å². The molecular weight excluding hydrogens is 332 g/mol. The molecule has 0 spiro atoms. The van der Waals surface area contributed by atoms with Gasteiger partial charge in [0.25, 0.3) is 0 Å². The summed E-state index contributed by atoms with van der Waals surface area (Å²) in [5, 5.41) is 0.670. The van der Waals surface area contributed by atoms with Crippen LogP contribution < -0.4 is 15.2 Å². The third-order valence-electron chi connectivity index (χ3n) is 4.10. The lowest BCUT2D eigenvalue weighted by Crippen LogP contribution is -1.92. The summed E-state index contributed by atoms with van der Waals surface area (Å²) in [6, 6.07) is 11.3. The van der Waals surface area contributed by atoms with E-state index in [-0.39, 0.29) is 0 Å². The number of nitrogens with two attached hydrogens (primary N) is 1. The molecule has 2 N–H and O–H groups in total. The van der Waals surface area contributed by atoms with Crippen molar-refractivity contribution in [3.05, 3.63) is 48.9 Å². The van der Waals surface area contributed by atoms with Crippen LogP contribution in [0, 0.1) is 0 Å². The summed E-state index contributed by atoms with van der Waals surface area (Å²) >= 11 is 0. The van der Waals surface area contributed by atoms with E-state index in [1.54, 1.807) is 26.5 Å². The number of furan rings is 1. The number of hydrogen-bond donors (Lipinski definition) is 1. The molecule has 0 atom stereocenters. The Hall–Kier alpha value is -3.61. The number of nitrogen functional groups attached to an aromatic ring is 1. The standard InChI is InChI=1S/C19H16N4O3/c1-24-13-6-3-11(4-7-13)15-16-18(20)22-10-23-19(16)26-17(15)12-5-8-14(25-2)21-9-12/h3-10H,1-2H3,(H2,20,22,23). The van der Waals surface area contributed by atoms with Crippen LogP contribution in [0.4, 0.5) is 5.82 Å². The second-order valence-corrected chi connectivity index (χ2v) is 5.56. The molecule has 7 heteroatoms. The number of fused-ring (bicyclic) bond motifs is 1. The van der Waals surface area contributed by atoms with E-state index in [1.807, 2.05) is 30.3 Å². The molecule has 0 saturated heterocycles. The summed E-state index contributed by atoms with van der Waals surface area (Å²) in [7, 11) is 3.20. The summed E-state index contributed by atoms with van der Waals surface area (Å²) in [4.78, 5) is 12.6. The molecule has 26 heavy (non-hydrogen) atoms. The topological polar surface area (TPSA) is 96.3 Å². The largest absolute Gasteiger partial charge is 0.497 e.